The number of anilines is 2. The fraction of sp³-hybridized carbons (Fsp3) is 0.235. The predicted molar refractivity (Wildman–Crippen MR) is 93.3 cm³/mol. The lowest BCUT2D eigenvalue weighted by atomic mass is 10.2. The molecule has 1 heterocycles. The number of rotatable bonds is 5. The van der Waals surface area contributed by atoms with E-state index in [-0.39, 0.29) is 17.7 Å². The highest BCUT2D eigenvalue weighted by Crippen LogP contribution is 2.32. The van der Waals surface area contributed by atoms with Crippen LogP contribution >= 0.6 is 15.9 Å². The summed E-state index contributed by atoms with van der Waals surface area (Å²) in [6.07, 6.45) is 0.651. The Kier molecular flexibility index (Phi) is 4.89. The van der Waals surface area contributed by atoms with E-state index in [1.165, 1.54) is 12.1 Å². The third-order valence-corrected chi connectivity index (χ3v) is 4.57. The number of halogens is 2. The summed E-state index contributed by atoms with van der Waals surface area (Å²) in [6, 6.07) is 11.6. The molecule has 1 aliphatic rings. The molecule has 126 valence electrons. The first-order valence-corrected chi connectivity index (χ1v) is 8.22. The van der Waals surface area contributed by atoms with Crippen molar-refractivity contribution in [1.29, 1.82) is 0 Å². The van der Waals surface area contributed by atoms with Crippen LogP contribution in [0.15, 0.2) is 46.9 Å². The van der Waals surface area contributed by atoms with Gasteiger partial charge in [0.25, 0.3) is 0 Å². The third kappa shape index (κ3) is 3.31. The molecular weight excluding hydrogens is 379 g/mol. The smallest absolute Gasteiger partial charge is 0.249 e. The van der Waals surface area contributed by atoms with Crippen LogP contribution in [0.25, 0.3) is 0 Å². The molecule has 2 aromatic carbocycles. The Hall–Kier alpha value is -2.28. The lowest BCUT2D eigenvalue weighted by molar-refractivity contribution is -0.117. The van der Waals surface area contributed by atoms with Gasteiger partial charge >= 0.3 is 0 Å². The number of nitrogens with zero attached hydrogens (tertiary/aromatic N) is 1. The maximum Gasteiger partial charge on any atom is 0.249 e. The molecule has 5 nitrogen and oxygen atoms in total. The summed E-state index contributed by atoms with van der Waals surface area (Å²) in [5, 5.41) is 3.13. The van der Waals surface area contributed by atoms with Crippen LogP contribution in [-0.2, 0) is 4.79 Å². The second kappa shape index (κ2) is 7.09. The molecule has 0 aromatic heterocycles. The predicted octanol–water partition coefficient (Wildman–Crippen LogP) is 3.94. The highest BCUT2D eigenvalue weighted by atomic mass is 79.9. The van der Waals surface area contributed by atoms with E-state index >= 15 is 0 Å². The molecule has 1 fully saturated rings. The highest BCUT2D eigenvalue weighted by Gasteiger charge is 2.32. The number of carbonyl (C=O) groups excluding carboxylic acids is 1. The van der Waals surface area contributed by atoms with Gasteiger partial charge in [0.15, 0.2) is 5.75 Å². The van der Waals surface area contributed by atoms with Gasteiger partial charge in [-0.1, -0.05) is 6.07 Å². The van der Waals surface area contributed by atoms with Crippen molar-refractivity contribution < 1.29 is 19.0 Å². The van der Waals surface area contributed by atoms with E-state index in [9.17, 15) is 9.32 Å². The number of benzene rings is 2. The van der Waals surface area contributed by atoms with Crippen molar-refractivity contribution in [3.8, 4) is 11.5 Å². The second-order valence-electron chi connectivity index (χ2n) is 5.40. The molecule has 2 aromatic rings. The third-order valence-electron chi connectivity index (χ3n) is 3.92. The van der Waals surface area contributed by atoms with Crippen molar-refractivity contribution in [2.75, 3.05) is 23.9 Å². The lowest BCUT2D eigenvalue weighted by Gasteiger charge is -2.19. The number of hydrogen-bond acceptors (Lipinski definition) is 4. The fourth-order valence-corrected chi connectivity index (χ4v) is 3.13. The molecule has 1 unspecified atom stereocenters. The molecule has 1 aliphatic heterocycles. The Bertz CT molecular complexity index is 756. The van der Waals surface area contributed by atoms with Gasteiger partial charge in [0, 0.05) is 34.6 Å². The van der Waals surface area contributed by atoms with E-state index in [0.29, 0.717) is 24.4 Å². The maximum absolute atomic E-state index is 12.7. The molecule has 0 bridgehead atoms. The number of hydrogen-bond donors (Lipinski definition) is 1. The van der Waals surface area contributed by atoms with Gasteiger partial charge in [-0.05, 0) is 46.6 Å². The largest absolute Gasteiger partial charge is 0.495 e. The van der Waals surface area contributed by atoms with Gasteiger partial charge in [-0.15, -0.1) is 0 Å². The van der Waals surface area contributed by atoms with Gasteiger partial charge in [-0.3, -0.25) is 9.74 Å². The SMILES string of the molecule is COc1cc(N2CCC(Nc3cccc(OF)c3)C2=O)ccc1Br. The van der Waals surface area contributed by atoms with Gasteiger partial charge in [0.05, 0.1) is 11.6 Å². The summed E-state index contributed by atoms with van der Waals surface area (Å²) in [7, 11) is 1.58. The molecule has 1 N–H and O–H groups in total. The standard InChI is InChI=1S/C17H16BrFN2O3/c1-23-16-10-12(5-6-14(16)18)21-8-7-15(17(21)22)20-11-3-2-4-13(9-11)24-19/h2-6,9-10,15,20H,7-8H2,1H3. The molecule has 7 heteroatoms. The topological polar surface area (TPSA) is 50.8 Å². The van der Waals surface area contributed by atoms with Crippen LogP contribution in [-0.4, -0.2) is 25.6 Å². The molecule has 0 spiro atoms. The number of amides is 1. The molecule has 0 radical (unpaired) electrons. The molecular formula is C17H16BrFN2O3. The van der Waals surface area contributed by atoms with Crippen molar-refractivity contribution in [2.24, 2.45) is 0 Å². The van der Waals surface area contributed by atoms with Crippen LogP contribution in [0.3, 0.4) is 0 Å². The normalized spacial score (nSPS) is 17.0. The first-order chi connectivity index (χ1) is 11.6. The van der Waals surface area contributed by atoms with Gasteiger partial charge < -0.3 is 15.0 Å². The van der Waals surface area contributed by atoms with Crippen LogP contribution < -0.4 is 19.9 Å². The van der Waals surface area contributed by atoms with Crippen LogP contribution in [0.4, 0.5) is 15.9 Å². The summed E-state index contributed by atoms with van der Waals surface area (Å²) < 4.78 is 18.4. The summed E-state index contributed by atoms with van der Waals surface area (Å²) in [5.41, 5.74) is 1.42. The Labute approximate surface area is 147 Å². The quantitative estimate of drug-likeness (QED) is 0.834. The van der Waals surface area contributed by atoms with E-state index in [1.807, 2.05) is 18.2 Å². The summed E-state index contributed by atoms with van der Waals surface area (Å²) in [4.78, 5) is 18.1. The zero-order chi connectivity index (χ0) is 17.1. The first-order valence-electron chi connectivity index (χ1n) is 7.42. The molecule has 1 saturated heterocycles. The van der Waals surface area contributed by atoms with Gasteiger partial charge in [-0.2, -0.15) is 0 Å². The molecule has 1 atom stereocenters. The summed E-state index contributed by atoms with van der Waals surface area (Å²) in [6.45, 7) is 0.598. The van der Waals surface area contributed by atoms with Crippen molar-refractivity contribution >= 4 is 33.2 Å². The Morgan fingerprint density at radius 3 is 2.88 bits per heavy atom. The average molecular weight is 395 g/mol. The lowest BCUT2D eigenvalue weighted by Crippen LogP contribution is -2.33. The van der Waals surface area contributed by atoms with Crippen LogP contribution in [0.5, 0.6) is 11.5 Å². The van der Waals surface area contributed by atoms with E-state index in [0.717, 1.165) is 10.2 Å². The van der Waals surface area contributed by atoms with E-state index in [2.05, 4.69) is 26.2 Å². The molecule has 0 saturated carbocycles. The Morgan fingerprint density at radius 1 is 1.29 bits per heavy atom. The number of carbonyl (C=O) groups is 1. The number of ether oxygens (including phenoxy) is 1. The Balaban J connectivity index is 1.75. The van der Waals surface area contributed by atoms with Crippen molar-refractivity contribution in [1.82, 2.24) is 0 Å². The van der Waals surface area contributed by atoms with E-state index < -0.39 is 0 Å². The highest BCUT2D eigenvalue weighted by molar-refractivity contribution is 9.10. The van der Waals surface area contributed by atoms with Gasteiger partial charge in [-0.25, -0.2) is 0 Å². The van der Waals surface area contributed by atoms with Crippen molar-refractivity contribution in [2.45, 2.75) is 12.5 Å². The van der Waals surface area contributed by atoms with Crippen molar-refractivity contribution in [3.63, 3.8) is 0 Å². The zero-order valence-corrected chi connectivity index (χ0v) is 14.5. The number of nitrogens with one attached hydrogen (secondary N) is 1. The number of methoxy groups -OCH3 is 1. The molecule has 1 amide bonds. The van der Waals surface area contributed by atoms with E-state index in [1.54, 1.807) is 24.1 Å². The first kappa shape index (κ1) is 16.6. The van der Waals surface area contributed by atoms with Crippen LogP contribution in [0.2, 0.25) is 0 Å². The molecule has 24 heavy (non-hydrogen) atoms. The monoisotopic (exact) mass is 394 g/mol. The van der Waals surface area contributed by atoms with Crippen molar-refractivity contribution in [3.05, 3.63) is 46.9 Å². The summed E-state index contributed by atoms with van der Waals surface area (Å²) >= 11 is 3.40. The molecule has 3 rings (SSSR count). The molecule has 0 aliphatic carbocycles. The van der Waals surface area contributed by atoms with Gasteiger partial charge in [0.2, 0.25) is 5.91 Å². The van der Waals surface area contributed by atoms with E-state index in [4.69, 9.17) is 4.74 Å². The Morgan fingerprint density at radius 2 is 2.12 bits per heavy atom. The average Bonchev–Trinajstić information content (AvgIpc) is 2.96. The minimum Gasteiger partial charge on any atom is -0.495 e. The summed E-state index contributed by atoms with van der Waals surface area (Å²) in [5.74, 6) is 0.732. The van der Waals surface area contributed by atoms with Crippen LogP contribution in [0, 0.1) is 0 Å². The zero-order valence-electron chi connectivity index (χ0n) is 13.0. The maximum atomic E-state index is 12.7. The fourth-order valence-electron chi connectivity index (χ4n) is 2.72. The minimum atomic E-state index is -0.366. The van der Waals surface area contributed by atoms with Crippen LogP contribution in [0.1, 0.15) is 6.42 Å². The van der Waals surface area contributed by atoms with Gasteiger partial charge in [0.1, 0.15) is 11.8 Å². The minimum absolute atomic E-state index is 0.0362. The second-order valence-corrected chi connectivity index (χ2v) is 6.25.